The maximum absolute atomic E-state index is 14.2. The molecular formula is C61H75F2N11O3. The summed E-state index contributed by atoms with van der Waals surface area (Å²) in [6, 6.07) is 26.0. The van der Waals surface area contributed by atoms with Crippen LogP contribution in [0.15, 0.2) is 97.7 Å². The second kappa shape index (κ2) is 27.1. The van der Waals surface area contributed by atoms with E-state index in [0.717, 1.165) is 103 Å². The number of nitrogens with zero attached hydrogens (tertiary/aromatic N) is 11. The number of Topliss-reactive ketones (excluding diaryl/α,β-unsaturated/α-hetero) is 2. The first kappa shape index (κ1) is 57.3. The van der Waals surface area contributed by atoms with Crippen molar-refractivity contribution in [3.63, 3.8) is 0 Å². The van der Waals surface area contributed by atoms with Crippen LogP contribution < -0.4 is 14.7 Å². The lowest BCUT2D eigenvalue weighted by Gasteiger charge is -2.35. The summed E-state index contributed by atoms with van der Waals surface area (Å²) < 4.78 is 28.3. The Hall–Kier alpha value is -7.36. The summed E-state index contributed by atoms with van der Waals surface area (Å²) in [4.78, 5) is 50.2. The van der Waals surface area contributed by atoms with Crippen molar-refractivity contribution < 1.29 is 23.2 Å². The monoisotopic (exact) mass is 1050 g/mol. The summed E-state index contributed by atoms with van der Waals surface area (Å²) in [7, 11) is 0. The first-order chi connectivity index (χ1) is 36.9. The van der Waals surface area contributed by atoms with Gasteiger partial charge in [-0.25, -0.2) is 8.78 Å². The summed E-state index contributed by atoms with van der Waals surface area (Å²) in [6.07, 6.45) is 5.60. The highest BCUT2D eigenvalue weighted by molar-refractivity contribution is 5.82. The number of halogens is 2. The molecule has 3 fully saturated rings. The third kappa shape index (κ3) is 16.8. The number of carbonyl (C=O) groups excluding carboxylic acids is 3. The van der Waals surface area contributed by atoms with Crippen molar-refractivity contribution in [2.24, 2.45) is 11.8 Å². The molecule has 0 saturated carbocycles. The topological polar surface area (TPSA) is 154 Å². The number of benzene rings is 2. The van der Waals surface area contributed by atoms with Gasteiger partial charge in [-0.05, 0) is 147 Å². The molecule has 2 aromatic carbocycles. The standard InChI is InChI=1S/C21H26FN3O.C21H24FN3O.C19H25N5O/c1-14(2)17-5-6-18(20(22)12-17)11-19(26)10-16-8-9-25(13-16)21-7-4-15(3)23-24-21;1-14(2)19-6-5-16(12-20(19)22)10-18(26)11-17-8-9-25(13-17)21-7-4-15(3)23-24-21;1-14(2)16-5-6-17(20-13-16)12-19(25)24-10-8-23(9-11-24)18-7-4-15(3)21-22-18/h4-7,12,14,16H,8-11,13H2,1-3H3;4-7,12,17H,1,8-11,13H2,2-3H3;4-7,13-14H,8-12H2,1-3H3/t16-;17-;/m11./s1. The number of piperazine rings is 1. The van der Waals surface area contributed by atoms with Crippen molar-refractivity contribution in [2.45, 2.75) is 112 Å². The van der Waals surface area contributed by atoms with Crippen LogP contribution in [0.25, 0.3) is 5.57 Å². The summed E-state index contributed by atoms with van der Waals surface area (Å²) in [5.41, 5.74) is 8.10. The van der Waals surface area contributed by atoms with Gasteiger partial charge in [0.05, 0.1) is 23.5 Å². The lowest BCUT2D eigenvalue weighted by molar-refractivity contribution is -0.130. The molecule has 14 nitrogen and oxygen atoms in total. The van der Waals surface area contributed by atoms with Crippen molar-refractivity contribution in [1.29, 1.82) is 0 Å². The van der Waals surface area contributed by atoms with E-state index in [1.54, 1.807) is 25.1 Å². The van der Waals surface area contributed by atoms with E-state index in [4.69, 9.17) is 0 Å². The normalized spacial score (nSPS) is 16.3. The van der Waals surface area contributed by atoms with Gasteiger partial charge < -0.3 is 19.6 Å². The zero-order valence-electron chi connectivity index (χ0n) is 46.2. The average molecular weight is 1050 g/mol. The fourth-order valence-electron chi connectivity index (χ4n) is 9.74. The van der Waals surface area contributed by atoms with E-state index >= 15 is 0 Å². The van der Waals surface area contributed by atoms with Crippen molar-refractivity contribution in [2.75, 3.05) is 67.1 Å². The first-order valence-corrected chi connectivity index (χ1v) is 27.0. The van der Waals surface area contributed by atoms with Crippen LogP contribution in [0.2, 0.25) is 0 Å². The minimum Gasteiger partial charge on any atom is -0.355 e. The fraction of sp³-hybridized carbons (Fsp3) is 0.443. The van der Waals surface area contributed by atoms with E-state index in [9.17, 15) is 23.2 Å². The molecule has 1 amide bonds. The third-order valence-electron chi connectivity index (χ3n) is 14.4. The molecule has 0 unspecified atom stereocenters. The molecule has 2 atom stereocenters. The largest absolute Gasteiger partial charge is 0.355 e. The average Bonchev–Trinajstić information content (AvgIpc) is 4.08. The minimum atomic E-state index is -0.312. The van der Waals surface area contributed by atoms with Gasteiger partial charge in [-0.2, -0.15) is 15.3 Å². The molecule has 6 aromatic rings. The molecule has 3 aliphatic heterocycles. The van der Waals surface area contributed by atoms with Crippen LogP contribution in [0, 0.1) is 44.2 Å². The van der Waals surface area contributed by atoms with Crippen LogP contribution >= 0.6 is 0 Å². The molecular weight excluding hydrogens is 973 g/mol. The summed E-state index contributed by atoms with van der Waals surface area (Å²) in [5.74, 6) is 3.75. The van der Waals surface area contributed by atoms with Crippen LogP contribution in [-0.2, 0) is 33.6 Å². The number of anilines is 3. The quantitative estimate of drug-likeness (QED) is 0.0904. The van der Waals surface area contributed by atoms with Gasteiger partial charge in [-0.15, -0.1) is 15.3 Å². The van der Waals surface area contributed by atoms with Crippen LogP contribution in [0.5, 0.6) is 0 Å². The number of hydrogen-bond donors (Lipinski definition) is 0. The first-order valence-electron chi connectivity index (χ1n) is 27.0. The van der Waals surface area contributed by atoms with Crippen LogP contribution in [-0.4, -0.2) is 110 Å². The van der Waals surface area contributed by atoms with Crippen LogP contribution in [0.4, 0.5) is 26.2 Å². The van der Waals surface area contributed by atoms with Crippen LogP contribution in [0.1, 0.15) is 123 Å². The number of aromatic nitrogens is 7. The van der Waals surface area contributed by atoms with Gasteiger partial charge in [0.25, 0.3) is 0 Å². The van der Waals surface area contributed by atoms with Crippen molar-refractivity contribution >= 4 is 40.5 Å². The van der Waals surface area contributed by atoms with Gasteiger partial charge in [0.2, 0.25) is 5.91 Å². The highest BCUT2D eigenvalue weighted by atomic mass is 19.1. The van der Waals surface area contributed by atoms with Gasteiger partial charge in [-0.3, -0.25) is 19.4 Å². The Morgan fingerprint density at radius 2 is 1.09 bits per heavy atom. The molecule has 0 spiro atoms. The molecule has 0 bridgehead atoms. The van der Waals surface area contributed by atoms with E-state index in [2.05, 4.69) is 76.8 Å². The Morgan fingerprint density at radius 1 is 0.571 bits per heavy atom. The molecule has 9 rings (SSSR count). The number of aryl methyl sites for hydroxylation is 3. The molecule has 0 radical (unpaired) electrons. The third-order valence-corrected chi connectivity index (χ3v) is 14.4. The van der Waals surface area contributed by atoms with Gasteiger partial charge >= 0.3 is 0 Å². The number of carbonyl (C=O) groups is 3. The van der Waals surface area contributed by atoms with E-state index in [1.807, 2.05) is 100 Å². The Bertz CT molecular complexity index is 2930. The van der Waals surface area contributed by atoms with E-state index < -0.39 is 0 Å². The number of ketones is 2. The Kier molecular flexibility index (Phi) is 20.2. The number of hydrogen-bond acceptors (Lipinski definition) is 13. The van der Waals surface area contributed by atoms with Gasteiger partial charge in [0, 0.05) is 95.5 Å². The van der Waals surface area contributed by atoms with Crippen molar-refractivity contribution in [3.8, 4) is 0 Å². The lowest BCUT2D eigenvalue weighted by Crippen LogP contribution is -2.49. The number of pyridine rings is 1. The van der Waals surface area contributed by atoms with E-state index in [-0.39, 0.29) is 47.9 Å². The molecule has 77 heavy (non-hydrogen) atoms. The van der Waals surface area contributed by atoms with Crippen LogP contribution in [0.3, 0.4) is 0 Å². The fourth-order valence-corrected chi connectivity index (χ4v) is 9.74. The molecule has 0 aliphatic carbocycles. The molecule has 4 aromatic heterocycles. The lowest BCUT2D eigenvalue weighted by atomic mass is 9.95. The van der Waals surface area contributed by atoms with E-state index in [1.165, 1.54) is 11.6 Å². The zero-order chi connectivity index (χ0) is 55.2. The van der Waals surface area contributed by atoms with Crippen molar-refractivity contribution in [3.05, 3.63) is 160 Å². The van der Waals surface area contributed by atoms with Crippen molar-refractivity contribution in [1.82, 2.24) is 40.5 Å². The molecule has 3 aliphatic rings. The second-order valence-corrected chi connectivity index (χ2v) is 21.5. The highest BCUT2D eigenvalue weighted by Gasteiger charge is 2.28. The van der Waals surface area contributed by atoms with Gasteiger partial charge in [0.15, 0.2) is 17.5 Å². The number of rotatable bonds is 16. The van der Waals surface area contributed by atoms with Gasteiger partial charge in [0.1, 0.15) is 23.2 Å². The maximum Gasteiger partial charge on any atom is 0.228 e. The summed E-state index contributed by atoms with van der Waals surface area (Å²) in [6.45, 7) is 26.0. The Labute approximate surface area is 453 Å². The minimum absolute atomic E-state index is 0.100. The van der Waals surface area contributed by atoms with Gasteiger partial charge in [-0.1, -0.05) is 64.6 Å². The van der Waals surface area contributed by atoms with E-state index in [0.29, 0.717) is 66.8 Å². The molecule has 7 heterocycles. The molecule has 0 N–H and O–H groups in total. The molecule has 3 saturated heterocycles. The Morgan fingerprint density at radius 3 is 1.55 bits per heavy atom. The SMILES string of the molecule is C=C(C)c1ccc(CC(=O)C[C@H]2CCN(c3ccc(C)nn3)C2)cc1F.Cc1ccc(N2CCN(C(=O)Cc3ccc(C(C)C)cn3)CC2)nn1.Cc1ccc(N2CC[C@H](CC(=O)Cc3ccc(C(C)C)cc3F)C2)nn1. The number of allylic oxidation sites excluding steroid dienone is 1. The Balaban J connectivity index is 0.000000168. The second-order valence-electron chi connectivity index (χ2n) is 21.5. The highest BCUT2D eigenvalue weighted by Crippen LogP contribution is 2.28. The summed E-state index contributed by atoms with van der Waals surface area (Å²) in [5, 5.41) is 24.9. The summed E-state index contributed by atoms with van der Waals surface area (Å²) >= 11 is 0. The predicted molar refractivity (Wildman–Crippen MR) is 300 cm³/mol. The number of amides is 1. The molecule has 16 heteroatoms. The smallest absolute Gasteiger partial charge is 0.228 e. The predicted octanol–water partition coefficient (Wildman–Crippen LogP) is 10.3. The molecule has 406 valence electrons. The zero-order valence-corrected chi connectivity index (χ0v) is 46.2. The maximum atomic E-state index is 14.2.